The minimum Gasteiger partial charge on any atom is -0.394 e. The van der Waals surface area contributed by atoms with Gasteiger partial charge in [0.15, 0.2) is 0 Å². The summed E-state index contributed by atoms with van der Waals surface area (Å²) in [7, 11) is 0. The number of carbonyl (C=O) groups is 1. The van der Waals surface area contributed by atoms with E-state index in [-0.39, 0.29) is 18.7 Å². The van der Waals surface area contributed by atoms with Crippen LogP contribution >= 0.6 is 0 Å². The van der Waals surface area contributed by atoms with Crippen molar-refractivity contribution >= 4 is 16.8 Å². The van der Waals surface area contributed by atoms with E-state index in [0.29, 0.717) is 10.9 Å². The summed E-state index contributed by atoms with van der Waals surface area (Å²) in [5.41, 5.74) is 1.98. The van der Waals surface area contributed by atoms with Crippen molar-refractivity contribution in [3.8, 4) is 0 Å². The lowest BCUT2D eigenvalue weighted by Crippen LogP contribution is -2.37. The third kappa shape index (κ3) is 3.72. The zero-order chi connectivity index (χ0) is 17.8. The Balaban J connectivity index is 1.76. The van der Waals surface area contributed by atoms with Crippen LogP contribution in [0.5, 0.6) is 0 Å². The third-order valence-electron chi connectivity index (χ3n) is 3.92. The van der Waals surface area contributed by atoms with Gasteiger partial charge in [0.05, 0.1) is 18.0 Å². The molecule has 3 aromatic rings. The molecule has 0 aliphatic heterocycles. The lowest BCUT2D eigenvalue weighted by atomic mass is 10.1. The fourth-order valence-corrected chi connectivity index (χ4v) is 2.54. The third-order valence-corrected chi connectivity index (χ3v) is 3.92. The van der Waals surface area contributed by atoms with Gasteiger partial charge in [-0.25, -0.2) is 4.68 Å². The van der Waals surface area contributed by atoms with Gasteiger partial charge in [-0.3, -0.25) is 9.59 Å². The number of rotatable bonds is 5. The second-order valence-electron chi connectivity index (χ2n) is 5.78. The minimum atomic E-state index is -0.544. The molecule has 0 saturated heterocycles. The number of aliphatic hydroxyl groups excluding tert-OH is 1. The van der Waals surface area contributed by atoms with Crippen LogP contribution in [0.4, 0.5) is 0 Å². The van der Waals surface area contributed by atoms with Gasteiger partial charge in [-0.2, -0.15) is 0 Å². The molecule has 7 heteroatoms. The van der Waals surface area contributed by atoms with Crippen LogP contribution in [0.3, 0.4) is 0 Å². The molecule has 1 heterocycles. The number of benzene rings is 2. The van der Waals surface area contributed by atoms with Crippen molar-refractivity contribution < 1.29 is 9.90 Å². The molecular formula is C18H18N4O3. The van der Waals surface area contributed by atoms with Crippen molar-refractivity contribution in [1.82, 2.24) is 20.3 Å². The largest absolute Gasteiger partial charge is 0.394 e. The fraction of sp³-hybridized carbons (Fsp3) is 0.222. The Morgan fingerprint density at radius 1 is 1.20 bits per heavy atom. The Labute approximate surface area is 143 Å². The van der Waals surface area contributed by atoms with E-state index in [1.165, 1.54) is 0 Å². The van der Waals surface area contributed by atoms with Gasteiger partial charge >= 0.3 is 0 Å². The van der Waals surface area contributed by atoms with Crippen molar-refractivity contribution in [3.05, 3.63) is 70.0 Å². The van der Waals surface area contributed by atoms with Gasteiger partial charge in [0.1, 0.15) is 12.1 Å². The lowest BCUT2D eigenvalue weighted by molar-refractivity contribution is -0.123. The number of aliphatic hydroxyl groups is 1. The quantitative estimate of drug-likeness (QED) is 0.722. The number of carbonyl (C=O) groups excluding carboxylic acids is 1. The first kappa shape index (κ1) is 16.8. The summed E-state index contributed by atoms with van der Waals surface area (Å²) in [5.74, 6) is -0.425. The van der Waals surface area contributed by atoms with Gasteiger partial charge in [-0.05, 0) is 24.6 Å². The molecule has 1 unspecified atom stereocenters. The first-order valence-electron chi connectivity index (χ1n) is 7.88. The van der Waals surface area contributed by atoms with Crippen LogP contribution in [0.25, 0.3) is 10.9 Å². The Kier molecular flexibility index (Phi) is 4.85. The molecule has 2 aromatic carbocycles. The number of hydrogen-bond donors (Lipinski definition) is 2. The summed E-state index contributed by atoms with van der Waals surface area (Å²) in [6.45, 7) is 1.45. The summed E-state index contributed by atoms with van der Waals surface area (Å²) >= 11 is 0. The number of hydrogen-bond acceptors (Lipinski definition) is 5. The molecular weight excluding hydrogens is 320 g/mol. The molecule has 3 rings (SSSR count). The molecule has 128 valence electrons. The molecule has 1 atom stereocenters. The molecule has 2 N–H and O–H groups in total. The second kappa shape index (κ2) is 7.23. The summed E-state index contributed by atoms with van der Waals surface area (Å²) in [5, 5.41) is 20.4. The topological polar surface area (TPSA) is 97.1 Å². The summed E-state index contributed by atoms with van der Waals surface area (Å²) in [4.78, 5) is 24.6. The van der Waals surface area contributed by atoms with E-state index < -0.39 is 11.9 Å². The minimum absolute atomic E-state index is 0.243. The molecule has 25 heavy (non-hydrogen) atoms. The highest BCUT2D eigenvalue weighted by Gasteiger charge is 2.15. The van der Waals surface area contributed by atoms with Gasteiger partial charge in [-0.15, -0.1) is 5.10 Å². The van der Waals surface area contributed by atoms with Crippen LogP contribution in [-0.4, -0.2) is 32.6 Å². The smallest absolute Gasteiger partial charge is 0.278 e. The van der Waals surface area contributed by atoms with Gasteiger partial charge in [0.2, 0.25) is 5.91 Å². The zero-order valence-corrected chi connectivity index (χ0v) is 13.7. The molecule has 1 aromatic heterocycles. The van der Waals surface area contributed by atoms with E-state index in [1.54, 1.807) is 24.3 Å². The predicted octanol–water partition coefficient (Wildman–Crippen LogP) is 0.950. The maximum atomic E-state index is 12.4. The van der Waals surface area contributed by atoms with Crippen molar-refractivity contribution in [3.63, 3.8) is 0 Å². The number of aryl methyl sites for hydroxylation is 1. The Bertz CT molecular complexity index is 950. The van der Waals surface area contributed by atoms with Gasteiger partial charge in [-0.1, -0.05) is 47.2 Å². The average molecular weight is 338 g/mol. The molecule has 0 fully saturated rings. The number of aromatic nitrogens is 3. The molecule has 0 spiro atoms. The molecule has 0 bridgehead atoms. The Morgan fingerprint density at radius 2 is 1.92 bits per heavy atom. The molecule has 7 nitrogen and oxygen atoms in total. The molecule has 0 aliphatic carbocycles. The average Bonchev–Trinajstić information content (AvgIpc) is 2.63. The lowest BCUT2D eigenvalue weighted by Gasteiger charge is -2.17. The Morgan fingerprint density at radius 3 is 2.64 bits per heavy atom. The van der Waals surface area contributed by atoms with Crippen molar-refractivity contribution in [2.75, 3.05) is 6.61 Å². The number of nitrogens with one attached hydrogen (secondary N) is 1. The van der Waals surface area contributed by atoms with Crippen molar-refractivity contribution in [1.29, 1.82) is 0 Å². The van der Waals surface area contributed by atoms with Crippen molar-refractivity contribution in [2.45, 2.75) is 19.5 Å². The van der Waals surface area contributed by atoms with Crippen LogP contribution in [0.15, 0.2) is 53.3 Å². The van der Waals surface area contributed by atoms with E-state index in [9.17, 15) is 14.7 Å². The van der Waals surface area contributed by atoms with E-state index in [1.807, 2.05) is 31.2 Å². The highest BCUT2D eigenvalue weighted by molar-refractivity contribution is 5.78. The highest BCUT2D eigenvalue weighted by Crippen LogP contribution is 2.13. The summed E-state index contributed by atoms with van der Waals surface area (Å²) in [6.07, 6.45) is 0. The van der Waals surface area contributed by atoms with Crippen LogP contribution < -0.4 is 10.9 Å². The second-order valence-corrected chi connectivity index (χ2v) is 5.78. The van der Waals surface area contributed by atoms with E-state index in [0.717, 1.165) is 15.8 Å². The monoisotopic (exact) mass is 338 g/mol. The summed E-state index contributed by atoms with van der Waals surface area (Å²) in [6, 6.07) is 13.8. The standard InChI is InChI=1S/C18H18N4O3/c1-12-6-8-13(9-7-12)16(11-23)19-17(24)10-22-18(25)14-4-2-3-5-15(14)20-21-22/h2-9,16,23H,10-11H2,1H3,(H,19,24). The van der Waals surface area contributed by atoms with Crippen LogP contribution in [-0.2, 0) is 11.3 Å². The summed E-state index contributed by atoms with van der Waals surface area (Å²) < 4.78 is 1.02. The number of nitrogens with zero attached hydrogens (tertiary/aromatic N) is 3. The fourth-order valence-electron chi connectivity index (χ4n) is 2.54. The van der Waals surface area contributed by atoms with E-state index in [4.69, 9.17) is 0 Å². The molecule has 1 amide bonds. The number of amides is 1. The Hall–Kier alpha value is -3.06. The first-order chi connectivity index (χ1) is 12.1. The number of fused-ring (bicyclic) bond motifs is 1. The van der Waals surface area contributed by atoms with Gasteiger partial charge < -0.3 is 10.4 Å². The molecule has 0 radical (unpaired) electrons. The SMILES string of the molecule is Cc1ccc(C(CO)NC(=O)Cn2nnc3ccccc3c2=O)cc1. The maximum Gasteiger partial charge on any atom is 0.278 e. The normalized spacial score (nSPS) is 12.1. The van der Waals surface area contributed by atoms with Gasteiger partial charge in [0, 0.05) is 0 Å². The van der Waals surface area contributed by atoms with Crippen LogP contribution in [0.1, 0.15) is 17.2 Å². The van der Waals surface area contributed by atoms with Gasteiger partial charge in [0.25, 0.3) is 5.56 Å². The highest BCUT2D eigenvalue weighted by atomic mass is 16.3. The van der Waals surface area contributed by atoms with Crippen LogP contribution in [0.2, 0.25) is 0 Å². The van der Waals surface area contributed by atoms with E-state index >= 15 is 0 Å². The molecule has 0 saturated carbocycles. The van der Waals surface area contributed by atoms with E-state index in [2.05, 4.69) is 15.6 Å². The maximum absolute atomic E-state index is 12.4. The zero-order valence-electron chi connectivity index (χ0n) is 13.7. The first-order valence-corrected chi connectivity index (χ1v) is 7.88. The predicted molar refractivity (Wildman–Crippen MR) is 92.9 cm³/mol. The molecule has 0 aliphatic rings. The van der Waals surface area contributed by atoms with Crippen molar-refractivity contribution in [2.24, 2.45) is 0 Å². The van der Waals surface area contributed by atoms with Crippen LogP contribution in [0, 0.1) is 6.92 Å².